The molecule has 0 saturated carbocycles. The molecule has 1 fully saturated rings. The van der Waals surface area contributed by atoms with Crippen molar-refractivity contribution >= 4 is 5.96 Å². The Morgan fingerprint density at radius 2 is 2.00 bits per heavy atom. The maximum absolute atomic E-state index is 5.99. The van der Waals surface area contributed by atoms with E-state index in [2.05, 4.69) is 44.7 Å². The van der Waals surface area contributed by atoms with Gasteiger partial charge in [-0.05, 0) is 51.4 Å². The largest absolute Gasteiger partial charge is 0.492 e. The maximum Gasteiger partial charge on any atom is 0.214 e. The number of nitrogens with zero attached hydrogens (tertiary/aromatic N) is 3. The molecular weight excluding hydrogens is 394 g/mol. The van der Waals surface area contributed by atoms with Crippen molar-refractivity contribution in [2.45, 2.75) is 45.8 Å². The Hall–Kier alpha value is -2.58. The van der Waals surface area contributed by atoms with Crippen LogP contribution in [0.15, 0.2) is 33.7 Å². The third kappa shape index (κ3) is 7.25. The number of hydrogen-bond acceptors (Lipinski definition) is 6. The highest BCUT2D eigenvalue weighted by Crippen LogP contribution is 2.15. The third-order valence-electron chi connectivity index (χ3n) is 5.59. The van der Waals surface area contributed by atoms with Crippen molar-refractivity contribution in [1.29, 1.82) is 0 Å². The second-order valence-corrected chi connectivity index (χ2v) is 7.85. The molecule has 8 heteroatoms. The molecule has 1 aliphatic rings. The van der Waals surface area contributed by atoms with E-state index in [-0.39, 0.29) is 0 Å². The Bertz CT molecular complexity index is 826. The monoisotopic (exact) mass is 429 g/mol. The van der Waals surface area contributed by atoms with E-state index in [1.807, 2.05) is 26.0 Å². The lowest BCUT2D eigenvalue weighted by molar-refractivity contribution is 0.0392. The van der Waals surface area contributed by atoms with Gasteiger partial charge < -0.3 is 24.5 Å². The van der Waals surface area contributed by atoms with Crippen molar-refractivity contribution in [1.82, 2.24) is 20.5 Å². The predicted octanol–water partition coefficient (Wildman–Crippen LogP) is 2.65. The Labute approximate surface area is 185 Å². The van der Waals surface area contributed by atoms with Gasteiger partial charge in [0.05, 0.1) is 12.2 Å². The van der Waals surface area contributed by atoms with Gasteiger partial charge in [-0.2, -0.15) is 0 Å². The molecule has 1 aromatic carbocycles. The molecule has 2 N–H and O–H groups in total. The van der Waals surface area contributed by atoms with Gasteiger partial charge in [0.2, 0.25) is 5.89 Å². The van der Waals surface area contributed by atoms with Gasteiger partial charge in [-0.15, -0.1) is 0 Å². The van der Waals surface area contributed by atoms with Gasteiger partial charge in [-0.25, -0.2) is 4.98 Å². The van der Waals surface area contributed by atoms with Gasteiger partial charge in [0.1, 0.15) is 18.1 Å². The maximum atomic E-state index is 5.99. The number of hydrogen-bond donors (Lipinski definition) is 2. The number of guanidine groups is 1. The average Bonchev–Trinajstić information content (AvgIpc) is 3.12. The van der Waals surface area contributed by atoms with Gasteiger partial charge in [0, 0.05) is 39.4 Å². The van der Waals surface area contributed by atoms with Crippen molar-refractivity contribution in [3.8, 4) is 5.75 Å². The van der Waals surface area contributed by atoms with Crippen LogP contribution in [0.1, 0.15) is 35.7 Å². The number of rotatable bonds is 9. The fourth-order valence-electron chi connectivity index (χ4n) is 3.54. The summed E-state index contributed by atoms with van der Waals surface area (Å²) in [6.07, 6.45) is 2.20. The highest BCUT2D eigenvalue weighted by atomic mass is 16.5. The lowest BCUT2D eigenvalue weighted by atomic mass is 10.1. The quantitative estimate of drug-likeness (QED) is 0.468. The number of aromatic nitrogens is 1. The number of oxazole rings is 1. The third-order valence-corrected chi connectivity index (χ3v) is 5.59. The molecule has 0 unspecified atom stereocenters. The summed E-state index contributed by atoms with van der Waals surface area (Å²) in [6, 6.07) is 8.75. The standard InChI is InChI=1S/C23H35N5O3/c1-17-18(2)31-22(27-17)16-26-23(24-3)25-15-19-6-5-7-21(14-19)30-13-10-28(4)20-8-11-29-12-9-20/h5-7,14,20H,8-13,15-16H2,1-4H3,(H2,24,25,26). The van der Waals surface area contributed by atoms with E-state index in [0.717, 1.165) is 55.4 Å². The molecule has 2 aromatic rings. The van der Waals surface area contributed by atoms with Gasteiger partial charge in [0.25, 0.3) is 0 Å². The van der Waals surface area contributed by atoms with Crippen LogP contribution >= 0.6 is 0 Å². The summed E-state index contributed by atoms with van der Waals surface area (Å²) in [7, 11) is 3.91. The van der Waals surface area contributed by atoms with Crippen LogP contribution in [0, 0.1) is 13.8 Å². The Morgan fingerprint density at radius 1 is 1.23 bits per heavy atom. The SMILES string of the molecule is CN=C(NCc1cccc(OCCN(C)C2CCOCC2)c1)NCc1nc(C)c(C)o1. The van der Waals surface area contributed by atoms with E-state index in [4.69, 9.17) is 13.9 Å². The molecule has 170 valence electrons. The van der Waals surface area contributed by atoms with Crippen LogP contribution in [0.2, 0.25) is 0 Å². The van der Waals surface area contributed by atoms with Gasteiger partial charge in [0.15, 0.2) is 5.96 Å². The van der Waals surface area contributed by atoms with E-state index in [1.54, 1.807) is 7.05 Å². The zero-order chi connectivity index (χ0) is 22.1. The normalized spacial score (nSPS) is 15.3. The van der Waals surface area contributed by atoms with E-state index >= 15 is 0 Å². The van der Waals surface area contributed by atoms with E-state index in [1.165, 1.54) is 0 Å². The zero-order valence-electron chi connectivity index (χ0n) is 19.1. The highest BCUT2D eigenvalue weighted by Gasteiger charge is 2.18. The first-order valence-corrected chi connectivity index (χ1v) is 10.9. The first-order chi connectivity index (χ1) is 15.0. The van der Waals surface area contributed by atoms with Crippen molar-refractivity contribution in [2.75, 3.05) is 40.5 Å². The smallest absolute Gasteiger partial charge is 0.214 e. The minimum Gasteiger partial charge on any atom is -0.492 e. The summed E-state index contributed by atoms with van der Waals surface area (Å²) in [5.41, 5.74) is 2.04. The van der Waals surface area contributed by atoms with E-state index in [0.29, 0.717) is 37.6 Å². The van der Waals surface area contributed by atoms with Gasteiger partial charge >= 0.3 is 0 Å². The number of aliphatic imine (C=N–C) groups is 1. The number of aryl methyl sites for hydroxylation is 2. The Balaban J connectivity index is 1.41. The molecule has 0 aliphatic carbocycles. The molecule has 0 radical (unpaired) electrons. The Morgan fingerprint density at radius 3 is 2.71 bits per heavy atom. The fourth-order valence-corrected chi connectivity index (χ4v) is 3.54. The van der Waals surface area contributed by atoms with E-state index < -0.39 is 0 Å². The number of benzene rings is 1. The molecule has 8 nitrogen and oxygen atoms in total. The molecule has 31 heavy (non-hydrogen) atoms. The first kappa shape index (κ1) is 23.1. The number of nitrogens with one attached hydrogen (secondary N) is 2. The second kappa shape index (κ2) is 11.7. The second-order valence-electron chi connectivity index (χ2n) is 7.85. The summed E-state index contributed by atoms with van der Waals surface area (Å²) in [6.45, 7) is 8.28. The molecule has 1 aromatic heterocycles. The van der Waals surface area contributed by atoms with Crippen molar-refractivity contribution in [2.24, 2.45) is 4.99 Å². The minimum atomic E-state index is 0.484. The van der Waals surface area contributed by atoms with Crippen LogP contribution in [0.3, 0.4) is 0 Å². The molecule has 2 heterocycles. The van der Waals surface area contributed by atoms with Gasteiger partial charge in [-0.3, -0.25) is 9.89 Å². The van der Waals surface area contributed by atoms with Crippen LogP contribution in [0.4, 0.5) is 0 Å². The molecule has 0 bridgehead atoms. The summed E-state index contributed by atoms with van der Waals surface area (Å²) >= 11 is 0. The first-order valence-electron chi connectivity index (χ1n) is 10.9. The Kier molecular flexibility index (Phi) is 8.73. The van der Waals surface area contributed by atoms with Crippen LogP contribution < -0.4 is 15.4 Å². The number of likely N-dealkylation sites (N-methyl/N-ethyl adjacent to an activating group) is 1. The van der Waals surface area contributed by atoms with E-state index in [9.17, 15) is 0 Å². The molecule has 1 aliphatic heterocycles. The minimum absolute atomic E-state index is 0.484. The summed E-state index contributed by atoms with van der Waals surface area (Å²) in [4.78, 5) is 11.0. The predicted molar refractivity (Wildman–Crippen MR) is 121 cm³/mol. The van der Waals surface area contributed by atoms with Crippen LogP contribution in [0.5, 0.6) is 5.75 Å². The molecule has 0 spiro atoms. The lowest BCUT2D eigenvalue weighted by Crippen LogP contribution is -2.38. The number of ether oxygens (including phenoxy) is 2. The van der Waals surface area contributed by atoms with Crippen molar-refractivity contribution < 1.29 is 13.9 Å². The van der Waals surface area contributed by atoms with Crippen LogP contribution in [-0.4, -0.2) is 62.3 Å². The highest BCUT2D eigenvalue weighted by molar-refractivity contribution is 5.79. The summed E-state index contributed by atoms with van der Waals surface area (Å²) in [5, 5.41) is 6.54. The molecular formula is C23H35N5O3. The fraction of sp³-hybridized carbons (Fsp3) is 0.565. The summed E-state index contributed by atoms with van der Waals surface area (Å²) < 4.78 is 17.0. The lowest BCUT2D eigenvalue weighted by Gasteiger charge is -2.31. The van der Waals surface area contributed by atoms with Crippen molar-refractivity contribution in [3.05, 3.63) is 47.2 Å². The zero-order valence-corrected chi connectivity index (χ0v) is 19.1. The van der Waals surface area contributed by atoms with Crippen molar-refractivity contribution in [3.63, 3.8) is 0 Å². The molecule has 0 amide bonds. The van der Waals surface area contributed by atoms with Crippen LogP contribution in [-0.2, 0) is 17.8 Å². The molecule has 3 rings (SSSR count). The van der Waals surface area contributed by atoms with Gasteiger partial charge in [-0.1, -0.05) is 12.1 Å². The topological polar surface area (TPSA) is 84.2 Å². The molecule has 1 saturated heterocycles. The summed E-state index contributed by atoms with van der Waals surface area (Å²) in [5.74, 6) is 3.07. The average molecular weight is 430 g/mol. The molecule has 0 atom stereocenters. The van der Waals surface area contributed by atoms with Crippen LogP contribution in [0.25, 0.3) is 0 Å².